The van der Waals surface area contributed by atoms with Gasteiger partial charge in [-0.1, -0.05) is 28.1 Å². The lowest BCUT2D eigenvalue weighted by molar-refractivity contribution is -0.0176. The summed E-state index contributed by atoms with van der Waals surface area (Å²) in [6, 6.07) is 16.1. The second-order valence-electron chi connectivity index (χ2n) is 9.55. The van der Waals surface area contributed by atoms with Crippen LogP contribution < -0.4 is 4.74 Å². The summed E-state index contributed by atoms with van der Waals surface area (Å²) >= 11 is 3.45. The van der Waals surface area contributed by atoms with E-state index in [1.54, 1.807) is 0 Å². The first kappa shape index (κ1) is 18.6. The predicted octanol–water partition coefficient (Wildman–Crippen LogP) is 6.55. The molecule has 0 saturated heterocycles. The molecule has 0 N–H and O–H groups in total. The van der Waals surface area contributed by atoms with E-state index in [2.05, 4.69) is 38.3 Å². The Morgan fingerprint density at radius 3 is 2.33 bits per heavy atom. The van der Waals surface area contributed by atoms with Crippen molar-refractivity contribution in [2.24, 2.45) is 17.8 Å². The molecule has 4 fully saturated rings. The number of hydrogen-bond acceptors (Lipinski definition) is 4. The summed E-state index contributed by atoms with van der Waals surface area (Å²) in [7, 11) is 0. The Morgan fingerprint density at radius 2 is 1.63 bits per heavy atom. The number of ether oxygens (including phenoxy) is 1. The first-order valence-corrected chi connectivity index (χ1v) is 11.8. The number of rotatable bonds is 5. The van der Waals surface area contributed by atoms with Gasteiger partial charge in [0.05, 0.1) is 0 Å². The van der Waals surface area contributed by atoms with Gasteiger partial charge in [-0.25, -0.2) is 0 Å². The molecule has 30 heavy (non-hydrogen) atoms. The van der Waals surface area contributed by atoms with Gasteiger partial charge < -0.3 is 9.15 Å². The molecule has 1 aromatic heterocycles. The highest BCUT2D eigenvalue weighted by Crippen LogP contribution is 2.60. The Hall–Kier alpha value is -2.14. The van der Waals surface area contributed by atoms with Crippen molar-refractivity contribution in [2.45, 2.75) is 50.5 Å². The van der Waals surface area contributed by atoms with E-state index >= 15 is 0 Å². The number of halogens is 1. The Bertz CT molecular complexity index is 1020. The van der Waals surface area contributed by atoms with Crippen LogP contribution in [0.25, 0.3) is 11.5 Å². The van der Waals surface area contributed by atoms with Gasteiger partial charge >= 0.3 is 0 Å². The van der Waals surface area contributed by atoms with E-state index in [1.807, 2.05) is 36.4 Å². The van der Waals surface area contributed by atoms with Crippen LogP contribution >= 0.6 is 15.9 Å². The summed E-state index contributed by atoms with van der Waals surface area (Å²) in [4.78, 5) is 0. The minimum Gasteiger partial charge on any atom is -0.489 e. The molecule has 4 saturated carbocycles. The Labute approximate surface area is 185 Å². The summed E-state index contributed by atoms with van der Waals surface area (Å²) in [5.41, 5.74) is 2.20. The van der Waals surface area contributed by atoms with Crippen molar-refractivity contribution < 1.29 is 9.15 Å². The fourth-order valence-corrected chi connectivity index (χ4v) is 6.68. The summed E-state index contributed by atoms with van der Waals surface area (Å²) in [6.07, 6.45) is 7.97. The Morgan fingerprint density at radius 1 is 0.933 bits per heavy atom. The smallest absolute Gasteiger partial charge is 0.247 e. The zero-order valence-corrected chi connectivity index (χ0v) is 18.5. The highest BCUT2D eigenvalue weighted by atomic mass is 79.9. The number of benzene rings is 2. The SMILES string of the molecule is Brc1ccc(OCc2cccc(-c3nnc(C45CC6CC(CC(C6)C4)C5)o3)c2)cc1. The van der Waals surface area contributed by atoms with E-state index in [4.69, 9.17) is 9.15 Å². The predicted molar refractivity (Wildman–Crippen MR) is 118 cm³/mol. The van der Waals surface area contributed by atoms with Crippen LogP contribution in [0.15, 0.2) is 57.4 Å². The van der Waals surface area contributed by atoms with Crippen molar-refractivity contribution in [3.8, 4) is 17.2 Å². The highest BCUT2D eigenvalue weighted by Gasteiger charge is 2.54. The molecule has 0 atom stereocenters. The quantitative estimate of drug-likeness (QED) is 0.429. The van der Waals surface area contributed by atoms with Crippen LogP contribution in [-0.2, 0) is 12.0 Å². The van der Waals surface area contributed by atoms with Crippen LogP contribution in [0.5, 0.6) is 5.75 Å². The van der Waals surface area contributed by atoms with Crippen molar-refractivity contribution in [3.63, 3.8) is 0 Å². The minimum absolute atomic E-state index is 0.141. The molecule has 0 aliphatic heterocycles. The molecule has 2 aromatic carbocycles. The van der Waals surface area contributed by atoms with Crippen LogP contribution in [0.3, 0.4) is 0 Å². The fourth-order valence-electron chi connectivity index (χ4n) is 6.42. The van der Waals surface area contributed by atoms with Crippen molar-refractivity contribution in [1.82, 2.24) is 10.2 Å². The fraction of sp³-hybridized carbons (Fsp3) is 0.440. The lowest BCUT2D eigenvalue weighted by atomic mass is 9.49. The first-order chi connectivity index (χ1) is 14.6. The van der Waals surface area contributed by atoms with E-state index in [9.17, 15) is 0 Å². The molecule has 0 amide bonds. The number of hydrogen-bond donors (Lipinski definition) is 0. The molecule has 4 aliphatic carbocycles. The van der Waals surface area contributed by atoms with Gasteiger partial charge in [-0.15, -0.1) is 10.2 Å². The molecule has 0 radical (unpaired) electrons. The lowest BCUT2D eigenvalue weighted by Gasteiger charge is -2.55. The average Bonchev–Trinajstić information content (AvgIpc) is 3.24. The largest absolute Gasteiger partial charge is 0.489 e. The maximum Gasteiger partial charge on any atom is 0.247 e. The summed E-state index contributed by atoms with van der Waals surface area (Å²) in [6.45, 7) is 0.505. The molecule has 5 heteroatoms. The van der Waals surface area contributed by atoms with Gasteiger partial charge in [-0.3, -0.25) is 0 Å². The van der Waals surface area contributed by atoms with E-state index in [-0.39, 0.29) is 5.41 Å². The highest BCUT2D eigenvalue weighted by molar-refractivity contribution is 9.10. The third-order valence-electron chi connectivity index (χ3n) is 7.31. The molecular formula is C25H25BrN2O2. The Balaban J connectivity index is 1.21. The van der Waals surface area contributed by atoms with Crippen molar-refractivity contribution in [2.75, 3.05) is 0 Å². The first-order valence-electron chi connectivity index (χ1n) is 11.0. The van der Waals surface area contributed by atoms with Crippen LogP contribution in [-0.4, -0.2) is 10.2 Å². The van der Waals surface area contributed by atoms with Crippen molar-refractivity contribution in [1.29, 1.82) is 0 Å². The van der Waals surface area contributed by atoms with Gasteiger partial charge in [-0.2, -0.15) is 0 Å². The molecule has 154 valence electrons. The third kappa shape index (κ3) is 3.37. The molecule has 0 spiro atoms. The zero-order valence-electron chi connectivity index (χ0n) is 16.9. The van der Waals surface area contributed by atoms with Crippen molar-refractivity contribution >= 4 is 15.9 Å². The van der Waals surface area contributed by atoms with Gasteiger partial charge in [0, 0.05) is 15.5 Å². The van der Waals surface area contributed by atoms with Crippen LogP contribution in [0, 0.1) is 17.8 Å². The molecule has 0 unspecified atom stereocenters. The standard InChI is InChI=1S/C25H25BrN2O2/c26-21-4-6-22(7-5-21)29-15-16-2-1-3-20(11-16)23-27-28-24(30-23)25-12-17-8-18(13-25)10-19(9-17)14-25/h1-7,11,17-19H,8-10,12-15H2. The summed E-state index contributed by atoms with van der Waals surface area (Å²) in [5.74, 6) is 4.96. The van der Waals surface area contributed by atoms with Gasteiger partial charge in [-0.05, 0) is 98.2 Å². The number of aromatic nitrogens is 2. The van der Waals surface area contributed by atoms with Crippen LogP contribution in [0.1, 0.15) is 50.0 Å². The van der Waals surface area contributed by atoms with E-state index < -0.39 is 0 Å². The normalized spacial score (nSPS) is 29.3. The summed E-state index contributed by atoms with van der Waals surface area (Å²) < 4.78 is 13.3. The second-order valence-corrected chi connectivity index (χ2v) is 10.5. The maximum atomic E-state index is 6.32. The molecule has 1 heterocycles. The number of nitrogens with zero attached hydrogens (tertiary/aromatic N) is 2. The molecule has 4 bridgehead atoms. The maximum absolute atomic E-state index is 6.32. The van der Waals surface area contributed by atoms with Gasteiger partial charge in [0.2, 0.25) is 11.8 Å². The van der Waals surface area contributed by atoms with E-state index in [0.29, 0.717) is 12.5 Å². The molecular weight excluding hydrogens is 440 g/mol. The molecule has 7 rings (SSSR count). The van der Waals surface area contributed by atoms with E-state index in [0.717, 1.165) is 45.0 Å². The monoisotopic (exact) mass is 464 g/mol. The molecule has 4 aliphatic rings. The van der Waals surface area contributed by atoms with Crippen LogP contribution in [0.2, 0.25) is 0 Å². The van der Waals surface area contributed by atoms with E-state index in [1.165, 1.54) is 38.5 Å². The van der Waals surface area contributed by atoms with Gasteiger partial charge in [0.1, 0.15) is 12.4 Å². The Kier molecular flexibility index (Phi) is 4.48. The third-order valence-corrected chi connectivity index (χ3v) is 7.84. The van der Waals surface area contributed by atoms with Crippen molar-refractivity contribution in [3.05, 3.63) is 64.5 Å². The van der Waals surface area contributed by atoms with Gasteiger partial charge in [0.15, 0.2) is 0 Å². The van der Waals surface area contributed by atoms with Gasteiger partial charge in [0.25, 0.3) is 0 Å². The summed E-state index contributed by atoms with van der Waals surface area (Å²) in [5, 5.41) is 9.01. The van der Waals surface area contributed by atoms with Crippen LogP contribution in [0.4, 0.5) is 0 Å². The molecule has 3 aromatic rings. The second kappa shape index (κ2) is 7.23. The average molecular weight is 465 g/mol. The molecule has 4 nitrogen and oxygen atoms in total. The minimum atomic E-state index is 0.141. The topological polar surface area (TPSA) is 48.2 Å². The lowest BCUT2D eigenvalue weighted by Crippen LogP contribution is -2.48. The zero-order chi connectivity index (χ0) is 20.1.